The average molecular weight is 415 g/mol. The van der Waals surface area contributed by atoms with E-state index in [1.807, 2.05) is 6.92 Å². The molecule has 0 heterocycles. The molecular formula is C22H25NO7. The van der Waals surface area contributed by atoms with Crippen molar-refractivity contribution in [3.05, 3.63) is 53.6 Å². The quantitative estimate of drug-likeness (QED) is 0.468. The van der Waals surface area contributed by atoms with Crippen molar-refractivity contribution in [2.45, 2.75) is 19.8 Å². The van der Waals surface area contributed by atoms with E-state index in [-0.39, 0.29) is 17.9 Å². The molecule has 1 amide bonds. The fourth-order valence-electron chi connectivity index (χ4n) is 2.45. The number of hydrogen-bond acceptors (Lipinski definition) is 7. The third kappa shape index (κ3) is 6.51. The topological polar surface area (TPSA) is 100 Å². The Balaban J connectivity index is 1.95. The molecule has 160 valence electrons. The first-order valence-corrected chi connectivity index (χ1v) is 9.44. The summed E-state index contributed by atoms with van der Waals surface area (Å²) in [5.41, 5.74) is 1.07. The zero-order valence-electron chi connectivity index (χ0n) is 17.2. The van der Waals surface area contributed by atoms with Gasteiger partial charge in [-0.2, -0.15) is 0 Å². The van der Waals surface area contributed by atoms with Gasteiger partial charge < -0.3 is 24.3 Å². The summed E-state index contributed by atoms with van der Waals surface area (Å²) in [6.45, 7) is 2.06. The SMILES string of the molecule is CCCCOC(=O)c1ccc(NC(=O)COc2cc(OC)ccc2C(=O)OC)cc1. The molecule has 2 rings (SSSR count). The van der Waals surface area contributed by atoms with Gasteiger partial charge in [-0.1, -0.05) is 13.3 Å². The van der Waals surface area contributed by atoms with Crippen LogP contribution in [-0.2, 0) is 14.3 Å². The second kappa shape index (κ2) is 11.5. The Morgan fingerprint density at radius 1 is 0.967 bits per heavy atom. The summed E-state index contributed by atoms with van der Waals surface area (Å²) in [4.78, 5) is 36.0. The Hall–Kier alpha value is -3.55. The van der Waals surface area contributed by atoms with Gasteiger partial charge in [-0.15, -0.1) is 0 Å². The molecule has 30 heavy (non-hydrogen) atoms. The molecule has 8 nitrogen and oxygen atoms in total. The number of ether oxygens (including phenoxy) is 4. The predicted molar refractivity (Wildman–Crippen MR) is 110 cm³/mol. The van der Waals surface area contributed by atoms with Gasteiger partial charge in [-0.3, -0.25) is 4.79 Å². The highest BCUT2D eigenvalue weighted by Crippen LogP contribution is 2.25. The molecule has 2 aromatic carbocycles. The van der Waals surface area contributed by atoms with E-state index in [0.29, 0.717) is 23.6 Å². The van der Waals surface area contributed by atoms with E-state index in [1.54, 1.807) is 30.3 Å². The van der Waals surface area contributed by atoms with E-state index in [0.717, 1.165) is 12.8 Å². The molecule has 0 aliphatic carbocycles. The first-order valence-electron chi connectivity index (χ1n) is 9.44. The molecule has 1 N–H and O–H groups in total. The van der Waals surface area contributed by atoms with E-state index in [9.17, 15) is 14.4 Å². The van der Waals surface area contributed by atoms with Crippen LogP contribution in [0.4, 0.5) is 5.69 Å². The van der Waals surface area contributed by atoms with Crippen molar-refractivity contribution in [3.8, 4) is 11.5 Å². The standard InChI is InChI=1S/C22H25NO7/c1-4-5-12-29-21(25)15-6-8-16(9-7-15)23-20(24)14-30-19-13-17(27-2)10-11-18(19)22(26)28-3/h6-11,13H,4-5,12,14H2,1-3H3,(H,23,24). The number of amides is 1. The monoisotopic (exact) mass is 415 g/mol. The molecular weight excluding hydrogens is 390 g/mol. The van der Waals surface area contributed by atoms with Gasteiger partial charge >= 0.3 is 11.9 Å². The number of carbonyl (C=O) groups excluding carboxylic acids is 3. The van der Waals surface area contributed by atoms with Crippen molar-refractivity contribution in [2.75, 3.05) is 32.8 Å². The van der Waals surface area contributed by atoms with Gasteiger partial charge in [0.05, 0.1) is 26.4 Å². The summed E-state index contributed by atoms with van der Waals surface area (Å²) in [6.07, 6.45) is 1.75. The predicted octanol–water partition coefficient (Wildman–Crippen LogP) is 3.46. The van der Waals surface area contributed by atoms with Gasteiger partial charge in [-0.05, 0) is 42.8 Å². The number of anilines is 1. The number of methoxy groups -OCH3 is 2. The van der Waals surface area contributed by atoms with Crippen molar-refractivity contribution < 1.29 is 33.3 Å². The van der Waals surface area contributed by atoms with Crippen molar-refractivity contribution >= 4 is 23.5 Å². The number of unbranched alkanes of at least 4 members (excludes halogenated alkanes) is 1. The third-order valence-electron chi connectivity index (χ3n) is 4.09. The van der Waals surface area contributed by atoms with Crippen LogP contribution in [0.1, 0.15) is 40.5 Å². The molecule has 0 bridgehead atoms. The lowest BCUT2D eigenvalue weighted by molar-refractivity contribution is -0.118. The van der Waals surface area contributed by atoms with E-state index < -0.39 is 17.8 Å². The molecule has 0 spiro atoms. The maximum Gasteiger partial charge on any atom is 0.341 e. The van der Waals surface area contributed by atoms with Crippen LogP contribution in [0.3, 0.4) is 0 Å². The highest BCUT2D eigenvalue weighted by Gasteiger charge is 2.16. The highest BCUT2D eigenvalue weighted by atomic mass is 16.5. The van der Waals surface area contributed by atoms with Crippen molar-refractivity contribution in [2.24, 2.45) is 0 Å². The second-order valence-electron chi connectivity index (χ2n) is 6.26. The van der Waals surface area contributed by atoms with Gasteiger partial charge in [0.1, 0.15) is 17.1 Å². The van der Waals surface area contributed by atoms with Crippen molar-refractivity contribution in [1.29, 1.82) is 0 Å². The molecule has 0 unspecified atom stereocenters. The molecule has 0 radical (unpaired) electrons. The molecule has 0 saturated carbocycles. The minimum atomic E-state index is -0.588. The van der Waals surface area contributed by atoms with Gasteiger partial charge in [0.2, 0.25) is 0 Å². The number of nitrogens with one attached hydrogen (secondary N) is 1. The van der Waals surface area contributed by atoms with Crippen LogP contribution >= 0.6 is 0 Å². The van der Waals surface area contributed by atoms with E-state index >= 15 is 0 Å². The van der Waals surface area contributed by atoms with Crippen LogP contribution in [-0.4, -0.2) is 45.3 Å². The number of esters is 2. The number of carbonyl (C=O) groups is 3. The fourth-order valence-corrected chi connectivity index (χ4v) is 2.45. The first-order chi connectivity index (χ1) is 14.5. The maximum absolute atomic E-state index is 12.2. The zero-order chi connectivity index (χ0) is 21.9. The minimum Gasteiger partial charge on any atom is -0.497 e. The number of rotatable bonds is 10. The summed E-state index contributed by atoms with van der Waals surface area (Å²) in [5, 5.41) is 2.66. The zero-order valence-corrected chi connectivity index (χ0v) is 17.2. The van der Waals surface area contributed by atoms with E-state index in [1.165, 1.54) is 26.4 Å². The fraction of sp³-hybridized carbons (Fsp3) is 0.318. The normalized spacial score (nSPS) is 10.1. The van der Waals surface area contributed by atoms with Crippen molar-refractivity contribution in [1.82, 2.24) is 0 Å². The lowest BCUT2D eigenvalue weighted by atomic mass is 10.2. The molecule has 0 fully saturated rings. The Morgan fingerprint density at radius 3 is 2.33 bits per heavy atom. The first kappa shape index (κ1) is 22.7. The summed E-state index contributed by atoms with van der Waals surface area (Å²) in [5.74, 6) is -0.791. The second-order valence-corrected chi connectivity index (χ2v) is 6.26. The van der Waals surface area contributed by atoms with Crippen molar-refractivity contribution in [3.63, 3.8) is 0 Å². The summed E-state index contributed by atoms with van der Waals surface area (Å²) >= 11 is 0. The van der Waals surface area contributed by atoms with Crippen LogP contribution in [0.2, 0.25) is 0 Å². The molecule has 8 heteroatoms. The Bertz CT molecular complexity index is 878. The maximum atomic E-state index is 12.2. The molecule has 0 atom stereocenters. The van der Waals surface area contributed by atoms with E-state index in [2.05, 4.69) is 5.32 Å². The summed E-state index contributed by atoms with van der Waals surface area (Å²) in [7, 11) is 2.74. The lowest BCUT2D eigenvalue weighted by Crippen LogP contribution is -2.21. The van der Waals surface area contributed by atoms with Gasteiger partial charge in [0.15, 0.2) is 6.61 Å². The molecule has 0 saturated heterocycles. The van der Waals surface area contributed by atoms with Crippen LogP contribution in [0.15, 0.2) is 42.5 Å². The van der Waals surface area contributed by atoms with Crippen LogP contribution in [0, 0.1) is 0 Å². The molecule has 0 aliphatic heterocycles. The number of hydrogen-bond donors (Lipinski definition) is 1. The van der Waals surface area contributed by atoms with Gasteiger partial charge in [-0.25, -0.2) is 9.59 Å². The largest absolute Gasteiger partial charge is 0.497 e. The van der Waals surface area contributed by atoms with Crippen LogP contribution in [0.25, 0.3) is 0 Å². The lowest BCUT2D eigenvalue weighted by Gasteiger charge is -2.12. The summed E-state index contributed by atoms with van der Waals surface area (Å²) < 4.78 is 20.5. The smallest absolute Gasteiger partial charge is 0.341 e. The number of benzene rings is 2. The summed E-state index contributed by atoms with van der Waals surface area (Å²) in [6, 6.07) is 10.9. The Morgan fingerprint density at radius 2 is 1.70 bits per heavy atom. The molecule has 0 aliphatic rings. The highest BCUT2D eigenvalue weighted by molar-refractivity contribution is 5.95. The van der Waals surface area contributed by atoms with Gasteiger partial charge in [0.25, 0.3) is 5.91 Å². The Labute approximate surface area is 175 Å². The Kier molecular flexibility index (Phi) is 8.68. The van der Waals surface area contributed by atoms with Crippen LogP contribution in [0.5, 0.6) is 11.5 Å². The molecule has 0 aromatic heterocycles. The van der Waals surface area contributed by atoms with Crippen LogP contribution < -0.4 is 14.8 Å². The van der Waals surface area contributed by atoms with Gasteiger partial charge in [0, 0.05) is 11.8 Å². The third-order valence-corrected chi connectivity index (χ3v) is 4.09. The molecule has 2 aromatic rings. The minimum absolute atomic E-state index is 0.168. The van der Waals surface area contributed by atoms with E-state index in [4.69, 9.17) is 18.9 Å². The average Bonchev–Trinajstić information content (AvgIpc) is 2.77.